The first-order valence-electron chi connectivity index (χ1n) is 11.3. The fourth-order valence-electron chi connectivity index (χ4n) is 3.27. The number of benzene rings is 2. The van der Waals surface area contributed by atoms with Gasteiger partial charge in [0.1, 0.15) is 18.8 Å². The number of hydrogen-bond acceptors (Lipinski definition) is 9. The normalized spacial score (nSPS) is 11.3. The van der Waals surface area contributed by atoms with Gasteiger partial charge in [0.25, 0.3) is 0 Å². The van der Waals surface area contributed by atoms with Crippen LogP contribution in [0.25, 0.3) is 10.9 Å². The Hall–Kier alpha value is -3.15. The zero-order chi connectivity index (χ0) is 25.1. The van der Waals surface area contributed by atoms with Crippen LogP contribution in [0.15, 0.2) is 42.7 Å². The van der Waals surface area contributed by atoms with Crippen molar-refractivity contribution in [2.24, 2.45) is 0 Å². The zero-order valence-corrected chi connectivity index (χ0v) is 21.0. The molecule has 0 amide bonds. The Kier molecular flexibility index (Phi) is 9.88. The van der Waals surface area contributed by atoms with E-state index in [1.165, 1.54) is 6.33 Å². The summed E-state index contributed by atoms with van der Waals surface area (Å²) in [4.78, 5) is 8.78. The second-order valence-corrected chi connectivity index (χ2v) is 9.43. The van der Waals surface area contributed by atoms with Gasteiger partial charge in [0.2, 0.25) is 0 Å². The number of nitrogens with zero attached hydrogens (tertiary/aromatic N) is 2. The smallest absolute Gasteiger partial charge is 0.334 e. The minimum absolute atomic E-state index is 0.0967. The van der Waals surface area contributed by atoms with E-state index in [-0.39, 0.29) is 26.0 Å². The Morgan fingerprint density at radius 1 is 1.00 bits per heavy atom. The Morgan fingerprint density at radius 3 is 2.46 bits per heavy atom. The molecule has 0 unspecified atom stereocenters. The quantitative estimate of drug-likeness (QED) is 0.186. The lowest BCUT2D eigenvalue weighted by molar-refractivity contribution is 0.143. The van der Waals surface area contributed by atoms with E-state index >= 15 is 0 Å². The van der Waals surface area contributed by atoms with Crippen molar-refractivity contribution in [2.75, 3.05) is 51.6 Å². The molecule has 0 saturated carbocycles. The second kappa shape index (κ2) is 13.1. The maximum Gasteiger partial charge on any atom is 0.334 e. The summed E-state index contributed by atoms with van der Waals surface area (Å²) in [5.41, 5.74) is 2.20. The maximum absolute atomic E-state index is 12.8. The topological polar surface area (TPSA) is 101 Å². The third kappa shape index (κ3) is 7.41. The summed E-state index contributed by atoms with van der Waals surface area (Å²) in [6.45, 7) is 4.94. The summed E-state index contributed by atoms with van der Waals surface area (Å²) in [6.07, 6.45) is 7.09. The highest BCUT2D eigenvalue weighted by atomic mass is 31.2. The first-order chi connectivity index (χ1) is 17.0. The van der Waals surface area contributed by atoms with Gasteiger partial charge in [0.05, 0.1) is 38.1 Å². The monoisotopic (exact) mass is 499 g/mol. The van der Waals surface area contributed by atoms with Crippen molar-refractivity contribution < 1.29 is 27.8 Å². The molecule has 1 N–H and O–H groups in total. The third-order valence-corrected chi connectivity index (χ3v) is 6.85. The molecule has 0 aliphatic carbocycles. The van der Waals surface area contributed by atoms with Crippen molar-refractivity contribution in [3.05, 3.63) is 48.3 Å². The molecule has 3 rings (SSSR count). The van der Waals surface area contributed by atoms with E-state index in [1.807, 2.05) is 24.3 Å². The van der Waals surface area contributed by atoms with Gasteiger partial charge in [-0.2, -0.15) is 0 Å². The van der Waals surface area contributed by atoms with Crippen LogP contribution in [0.1, 0.15) is 19.4 Å². The highest BCUT2D eigenvalue weighted by molar-refractivity contribution is 7.53. The van der Waals surface area contributed by atoms with Gasteiger partial charge >= 0.3 is 7.60 Å². The molecule has 2 aromatic carbocycles. The van der Waals surface area contributed by atoms with Crippen LogP contribution in [0.2, 0.25) is 0 Å². The maximum atomic E-state index is 12.8. The van der Waals surface area contributed by atoms with Crippen LogP contribution in [-0.4, -0.2) is 56.3 Å². The number of rotatable bonds is 14. The van der Waals surface area contributed by atoms with Crippen LogP contribution >= 0.6 is 7.60 Å². The van der Waals surface area contributed by atoms with Gasteiger partial charge in [-0.3, -0.25) is 4.57 Å². The molecule has 0 aliphatic heterocycles. The number of terminal acetylenes is 1. The van der Waals surface area contributed by atoms with Crippen LogP contribution in [0.3, 0.4) is 0 Å². The van der Waals surface area contributed by atoms with Crippen LogP contribution in [0.5, 0.6) is 11.5 Å². The summed E-state index contributed by atoms with van der Waals surface area (Å²) >= 11 is 0. The van der Waals surface area contributed by atoms with E-state index in [1.54, 1.807) is 33.1 Å². The van der Waals surface area contributed by atoms with Gasteiger partial charge in [-0.1, -0.05) is 12.0 Å². The van der Waals surface area contributed by atoms with Crippen molar-refractivity contribution in [3.8, 4) is 23.8 Å². The Morgan fingerprint density at radius 2 is 1.74 bits per heavy atom. The average molecular weight is 500 g/mol. The summed E-state index contributed by atoms with van der Waals surface area (Å²) in [5.74, 6) is 4.13. The molecular formula is C25H30N3O6P. The fraction of sp³-hybridized carbons (Fsp3) is 0.360. The molecule has 1 heterocycles. The summed E-state index contributed by atoms with van der Waals surface area (Å²) < 4.78 is 40.5. The standard InChI is InChI=1S/C25H30N3O6P/c1-5-19-9-8-10-20(15-19)28-25-21-16-23(32-13-14-35(29,33-6-2)34-7-3)24(31-12-11-30-4)17-22(21)26-18-27-25/h1,8-10,15-18H,6-7,11-14H2,2-4H3,(H,26,27,28). The van der Waals surface area contributed by atoms with Crippen LogP contribution in [0.4, 0.5) is 11.5 Å². The predicted molar refractivity (Wildman–Crippen MR) is 136 cm³/mol. The van der Waals surface area contributed by atoms with Gasteiger partial charge in [-0.05, 0) is 38.1 Å². The molecule has 0 radical (unpaired) electrons. The van der Waals surface area contributed by atoms with Crippen molar-refractivity contribution in [3.63, 3.8) is 0 Å². The summed E-state index contributed by atoms with van der Waals surface area (Å²) in [6, 6.07) is 11.0. The average Bonchev–Trinajstić information content (AvgIpc) is 2.85. The van der Waals surface area contributed by atoms with Gasteiger partial charge in [0, 0.05) is 29.8 Å². The lowest BCUT2D eigenvalue weighted by atomic mass is 10.2. The van der Waals surface area contributed by atoms with Crippen LogP contribution in [-0.2, 0) is 18.3 Å². The molecule has 9 nitrogen and oxygen atoms in total. The molecule has 186 valence electrons. The van der Waals surface area contributed by atoms with Crippen molar-refractivity contribution >= 4 is 30.0 Å². The van der Waals surface area contributed by atoms with Crippen molar-refractivity contribution in [1.82, 2.24) is 9.97 Å². The SMILES string of the molecule is C#Cc1cccc(Nc2ncnc3cc(OCCOC)c(OCCP(=O)(OCC)OCC)cc23)c1. The summed E-state index contributed by atoms with van der Waals surface area (Å²) in [5, 5.41) is 4.00. The van der Waals surface area contributed by atoms with Gasteiger partial charge in [-0.15, -0.1) is 6.42 Å². The van der Waals surface area contributed by atoms with E-state index in [4.69, 9.17) is 29.7 Å². The van der Waals surface area contributed by atoms with E-state index < -0.39 is 7.60 Å². The van der Waals surface area contributed by atoms with E-state index in [2.05, 4.69) is 21.2 Å². The molecule has 0 aliphatic rings. The Labute approximate surface area is 205 Å². The number of hydrogen-bond donors (Lipinski definition) is 1. The molecule has 3 aromatic rings. The largest absolute Gasteiger partial charge is 0.489 e. The Bertz CT molecular complexity index is 1200. The van der Waals surface area contributed by atoms with E-state index in [0.29, 0.717) is 41.4 Å². The molecule has 0 saturated heterocycles. The first-order valence-corrected chi connectivity index (χ1v) is 13.0. The highest BCUT2D eigenvalue weighted by Crippen LogP contribution is 2.47. The first kappa shape index (κ1) is 26.5. The third-order valence-electron chi connectivity index (χ3n) is 4.81. The minimum Gasteiger partial charge on any atom is -0.489 e. The minimum atomic E-state index is -3.25. The van der Waals surface area contributed by atoms with Gasteiger partial charge in [0.15, 0.2) is 11.5 Å². The molecule has 1 aromatic heterocycles. The number of aromatic nitrogens is 2. The van der Waals surface area contributed by atoms with Crippen LogP contribution in [0, 0.1) is 12.3 Å². The highest BCUT2D eigenvalue weighted by Gasteiger charge is 2.24. The molecule has 10 heteroatoms. The number of methoxy groups -OCH3 is 1. The van der Waals surface area contributed by atoms with Gasteiger partial charge in [-0.25, -0.2) is 9.97 Å². The second-order valence-electron chi connectivity index (χ2n) is 7.25. The summed E-state index contributed by atoms with van der Waals surface area (Å²) in [7, 11) is -1.65. The number of ether oxygens (including phenoxy) is 3. The van der Waals surface area contributed by atoms with Crippen LogP contribution < -0.4 is 14.8 Å². The van der Waals surface area contributed by atoms with Gasteiger partial charge < -0.3 is 28.6 Å². The lowest BCUT2D eigenvalue weighted by Crippen LogP contribution is -2.10. The van der Waals surface area contributed by atoms with Crippen molar-refractivity contribution in [1.29, 1.82) is 0 Å². The number of anilines is 2. The molecular weight excluding hydrogens is 469 g/mol. The van der Waals surface area contributed by atoms with E-state index in [0.717, 1.165) is 11.3 Å². The molecule has 0 spiro atoms. The van der Waals surface area contributed by atoms with Crippen molar-refractivity contribution in [2.45, 2.75) is 13.8 Å². The molecule has 0 bridgehead atoms. The molecule has 0 atom stereocenters. The zero-order valence-electron chi connectivity index (χ0n) is 20.2. The number of fused-ring (bicyclic) bond motifs is 1. The Balaban J connectivity index is 1.91. The fourth-order valence-corrected chi connectivity index (χ4v) is 4.71. The number of nitrogens with one attached hydrogen (secondary N) is 1. The predicted octanol–water partition coefficient (Wildman–Crippen LogP) is 5.02. The molecule has 0 fully saturated rings. The van der Waals surface area contributed by atoms with E-state index in [9.17, 15) is 4.57 Å². The lowest BCUT2D eigenvalue weighted by Gasteiger charge is -2.18. The molecule has 35 heavy (non-hydrogen) atoms.